The normalized spacial score (nSPS) is 11.2. The second-order valence-electron chi connectivity index (χ2n) is 5.46. The molecule has 0 saturated carbocycles. The molecule has 0 radical (unpaired) electrons. The number of nitrogens with two attached hydrogens (primary N) is 1. The molecule has 128 valence electrons. The highest BCUT2D eigenvalue weighted by molar-refractivity contribution is 5.91. The largest absolute Gasteiger partial charge is 0.378 e. The van der Waals surface area contributed by atoms with Gasteiger partial charge in [0, 0.05) is 43.0 Å². The van der Waals surface area contributed by atoms with Gasteiger partial charge >= 0.3 is 0 Å². The van der Waals surface area contributed by atoms with Crippen LogP contribution in [0.4, 0.5) is 5.95 Å². The van der Waals surface area contributed by atoms with Crippen LogP contribution in [0.25, 0.3) is 22.3 Å². The maximum atomic E-state index is 5.40. The zero-order valence-corrected chi connectivity index (χ0v) is 13.8. The zero-order valence-electron chi connectivity index (χ0n) is 13.8. The van der Waals surface area contributed by atoms with E-state index in [1.165, 1.54) is 0 Å². The summed E-state index contributed by atoms with van der Waals surface area (Å²) in [6, 6.07) is 1.98. The number of ether oxygens (including phenoxy) is 1. The summed E-state index contributed by atoms with van der Waals surface area (Å²) in [5.74, 6) is 0.569. The van der Waals surface area contributed by atoms with E-state index >= 15 is 0 Å². The number of hydrogen-bond acceptors (Lipinski definition) is 6. The van der Waals surface area contributed by atoms with Gasteiger partial charge in [-0.3, -0.25) is 4.68 Å². The third-order valence-corrected chi connectivity index (χ3v) is 3.57. The van der Waals surface area contributed by atoms with Crippen molar-refractivity contribution in [2.45, 2.75) is 19.9 Å². The minimum absolute atomic E-state index is 0.525. The van der Waals surface area contributed by atoms with Crippen molar-refractivity contribution in [3.63, 3.8) is 0 Å². The van der Waals surface area contributed by atoms with Gasteiger partial charge in [0.1, 0.15) is 5.65 Å². The van der Waals surface area contributed by atoms with Crippen molar-refractivity contribution in [3.8, 4) is 11.3 Å². The molecular weight excluding hydrogens is 306 g/mol. The van der Waals surface area contributed by atoms with E-state index in [1.54, 1.807) is 0 Å². The minimum atomic E-state index is 0.525. The van der Waals surface area contributed by atoms with Crippen molar-refractivity contribution >= 4 is 17.0 Å². The monoisotopic (exact) mass is 329 g/mol. The molecule has 0 aliphatic heterocycles. The highest BCUT2D eigenvalue weighted by atomic mass is 16.5. The number of aromatic nitrogens is 5. The number of H-pyrrole nitrogens is 1. The average molecular weight is 329 g/mol. The molecule has 3 rings (SSSR count). The fourth-order valence-electron chi connectivity index (χ4n) is 2.50. The molecule has 0 aliphatic rings. The van der Waals surface area contributed by atoms with Crippen LogP contribution < -0.4 is 11.1 Å². The Morgan fingerprint density at radius 1 is 1.33 bits per heavy atom. The highest BCUT2D eigenvalue weighted by Crippen LogP contribution is 2.26. The molecule has 3 aromatic rings. The fraction of sp³-hybridized carbons (Fsp3) is 0.438. The number of nitrogens with one attached hydrogen (secondary N) is 2. The lowest BCUT2D eigenvalue weighted by molar-refractivity contribution is 0.151. The van der Waals surface area contributed by atoms with E-state index in [9.17, 15) is 0 Å². The fourth-order valence-corrected chi connectivity index (χ4v) is 2.50. The standard InChI is InChI=1S/C16H23N7O/c1-2-7-23-11-12(10-20-23)14-13-3-5-18-15(13)22-16(21-14)19-6-9-24-8-4-17/h3,5,10-11H,2,4,6-9,17H2,1H3,(H2,18,19,21,22). The predicted octanol–water partition coefficient (Wildman–Crippen LogP) is 1.62. The van der Waals surface area contributed by atoms with Crippen molar-refractivity contribution in [2.24, 2.45) is 5.73 Å². The molecule has 0 atom stereocenters. The van der Waals surface area contributed by atoms with Gasteiger partial charge in [-0.25, -0.2) is 4.98 Å². The Morgan fingerprint density at radius 2 is 2.25 bits per heavy atom. The summed E-state index contributed by atoms with van der Waals surface area (Å²) in [5, 5.41) is 8.57. The molecule has 0 spiro atoms. The first-order valence-corrected chi connectivity index (χ1v) is 8.21. The number of anilines is 1. The number of aryl methyl sites for hydroxylation is 1. The van der Waals surface area contributed by atoms with Crippen LogP contribution in [-0.4, -0.2) is 51.0 Å². The van der Waals surface area contributed by atoms with E-state index in [1.807, 2.05) is 29.3 Å². The summed E-state index contributed by atoms with van der Waals surface area (Å²) in [4.78, 5) is 12.3. The molecule has 0 saturated heterocycles. The summed E-state index contributed by atoms with van der Waals surface area (Å²) >= 11 is 0. The van der Waals surface area contributed by atoms with Gasteiger partial charge in [-0.1, -0.05) is 6.92 Å². The smallest absolute Gasteiger partial charge is 0.225 e. The van der Waals surface area contributed by atoms with Crippen molar-refractivity contribution < 1.29 is 4.74 Å². The second kappa shape index (κ2) is 7.89. The van der Waals surface area contributed by atoms with Gasteiger partial charge in [0.15, 0.2) is 0 Å². The molecule has 0 amide bonds. The Bertz CT molecular complexity index is 780. The van der Waals surface area contributed by atoms with Crippen LogP contribution in [0, 0.1) is 0 Å². The van der Waals surface area contributed by atoms with Crippen LogP contribution in [-0.2, 0) is 11.3 Å². The molecular formula is C16H23N7O. The van der Waals surface area contributed by atoms with Crippen molar-refractivity contribution in [1.82, 2.24) is 24.7 Å². The van der Waals surface area contributed by atoms with E-state index < -0.39 is 0 Å². The Labute approximate surface area is 140 Å². The van der Waals surface area contributed by atoms with Crippen molar-refractivity contribution in [3.05, 3.63) is 24.7 Å². The SMILES string of the molecule is CCCn1cc(-c2nc(NCCOCCN)nc3[nH]ccc23)cn1. The lowest BCUT2D eigenvalue weighted by Crippen LogP contribution is -2.15. The van der Waals surface area contributed by atoms with Crippen LogP contribution in [0.2, 0.25) is 0 Å². The number of fused-ring (bicyclic) bond motifs is 1. The summed E-state index contributed by atoms with van der Waals surface area (Å²) in [6.45, 7) is 5.29. The maximum Gasteiger partial charge on any atom is 0.225 e. The van der Waals surface area contributed by atoms with E-state index in [0.717, 1.165) is 35.3 Å². The molecule has 0 unspecified atom stereocenters. The van der Waals surface area contributed by atoms with Crippen LogP contribution >= 0.6 is 0 Å². The van der Waals surface area contributed by atoms with Crippen LogP contribution in [0.3, 0.4) is 0 Å². The van der Waals surface area contributed by atoms with E-state index in [2.05, 4.69) is 32.3 Å². The van der Waals surface area contributed by atoms with Crippen LogP contribution in [0.15, 0.2) is 24.7 Å². The van der Waals surface area contributed by atoms with Gasteiger partial charge in [-0.2, -0.15) is 10.1 Å². The van der Waals surface area contributed by atoms with Gasteiger partial charge in [0.25, 0.3) is 0 Å². The van der Waals surface area contributed by atoms with Gasteiger partial charge in [-0.15, -0.1) is 0 Å². The summed E-state index contributed by atoms with van der Waals surface area (Å²) in [5.41, 5.74) is 8.05. The third-order valence-electron chi connectivity index (χ3n) is 3.57. The lowest BCUT2D eigenvalue weighted by Gasteiger charge is -2.07. The van der Waals surface area contributed by atoms with Gasteiger partial charge in [0.05, 0.1) is 25.1 Å². The van der Waals surface area contributed by atoms with E-state index in [0.29, 0.717) is 32.3 Å². The van der Waals surface area contributed by atoms with Gasteiger partial charge in [0.2, 0.25) is 5.95 Å². The first-order valence-electron chi connectivity index (χ1n) is 8.21. The number of hydrogen-bond donors (Lipinski definition) is 3. The molecule has 0 aromatic carbocycles. The minimum Gasteiger partial charge on any atom is -0.378 e. The first-order chi connectivity index (χ1) is 11.8. The molecule has 8 nitrogen and oxygen atoms in total. The number of nitrogens with zero attached hydrogens (tertiary/aromatic N) is 4. The van der Waals surface area contributed by atoms with Gasteiger partial charge in [-0.05, 0) is 12.5 Å². The predicted molar refractivity (Wildman–Crippen MR) is 93.8 cm³/mol. The van der Waals surface area contributed by atoms with E-state index in [4.69, 9.17) is 10.5 Å². The lowest BCUT2D eigenvalue weighted by atomic mass is 10.2. The Morgan fingerprint density at radius 3 is 3.08 bits per heavy atom. The Balaban J connectivity index is 1.81. The molecule has 0 fully saturated rings. The van der Waals surface area contributed by atoms with Crippen LogP contribution in [0.1, 0.15) is 13.3 Å². The molecule has 8 heteroatoms. The molecule has 0 bridgehead atoms. The molecule has 0 aliphatic carbocycles. The highest BCUT2D eigenvalue weighted by Gasteiger charge is 2.12. The number of aromatic amines is 1. The molecule has 3 aromatic heterocycles. The molecule has 24 heavy (non-hydrogen) atoms. The topological polar surface area (TPSA) is 107 Å². The van der Waals surface area contributed by atoms with E-state index in [-0.39, 0.29) is 0 Å². The summed E-state index contributed by atoms with van der Waals surface area (Å²) in [6.07, 6.45) is 6.78. The van der Waals surface area contributed by atoms with Crippen molar-refractivity contribution in [1.29, 1.82) is 0 Å². The number of rotatable bonds is 9. The summed E-state index contributed by atoms with van der Waals surface area (Å²) < 4.78 is 7.29. The van der Waals surface area contributed by atoms with Crippen LogP contribution in [0.5, 0.6) is 0 Å². The Kier molecular flexibility index (Phi) is 5.39. The Hall–Kier alpha value is -2.45. The molecule has 3 heterocycles. The quantitative estimate of drug-likeness (QED) is 0.515. The molecule has 4 N–H and O–H groups in total. The average Bonchev–Trinajstić information content (AvgIpc) is 3.23. The summed E-state index contributed by atoms with van der Waals surface area (Å²) in [7, 11) is 0. The first kappa shape index (κ1) is 16.4. The zero-order chi connectivity index (χ0) is 16.8. The van der Waals surface area contributed by atoms with Crippen molar-refractivity contribution in [2.75, 3.05) is 31.6 Å². The maximum absolute atomic E-state index is 5.40. The second-order valence-corrected chi connectivity index (χ2v) is 5.46. The third kappa shape index (κ3) is 3.72. The van der Waals surface area contributed by atoms with Gasteiger partial charge < -0.3 is 20.8 Å².